The summed E-state index contributed by atoms with van der Waals surface area (Å²) in [5, 5.41) is 7.00. The van der Waals surface area contributed by atoms with E-state index in [0.29, 0.717) is 23.2 Å². The van der Waals surface area contributed by atoms with Crippen LogP contribution in [0.4, 0.5) is 0 Å². The first-order valence-corrected chi connectivity index (χ1v) is 7.44. The number of hydrogen-bond donors (Lipinski definition) is 1. The van der Waals surface area contributed by atoms with Crippen molar-refractivity contribution in [3.05, 3.63) is 58.3 Å². The molecular weight excluding hydrogens is 316 g/mol. The minimum absolute atomic E-state index is 0.230. The summed E-state index contributed by atoms with van der Waals surface area (Å²) in [4.78, 5) is 16.2. The average Bonchev–Trinajstić information content (AvgIpc) is 3.02. The van der Waals surface area contributed by atoms with E-state index in [-0.39, 0.29) is 5.91 Å². The molecule has 3 aromatic rings. The maximum absolute atomic E-state index is 12.0. The average molecular weight is 331 g/mol. The second-order valence-corrected chi connectivity index (χ2v) is 5.43. The van der Waals surface area contributed by atoms with Crippen LogP contribution in [0, 0.1) is 13.8 Å². The van der Waals surface area contributed by atoms with Gasteiger partial charge in [0, 0.05) is 24.4 Å². The molecule has 6 nitrogen and oxygen atoms in total. The monoisotopic (exact) mass is 330 g/mol. The summed E-state index contributed by atoms with van der Waals surface area (Å²) in [6.07, 6.45) is 4.92. The highest BCUT2D eigenvalue weighted by Crippen LogP contribution is 2.18. The summed E-state index contributed by atoms with van der Waals surface area (Å²) in [6.45, 7) is 4.02. The van der Waals surface area contributed by atoms with E-state index in [1.54, 1.807) is 6.08 Å². The van der Waals surface area contributed by atoms with Gasteiger partial charge in [-0.05, 0) is 32.1 Å². The molecule has 0 aliphatic rings. The molecule has 1 N–H and O–H groups in total. The van der Waals surface area contributed by atoms with Crippen molar-refractivity contribution in [3.8, 4) is 0 Å². The molecule has 3 heterocycles. The maximum Gasteiger partial charge on any atom is 0.244 e. The smallest absolute Gasteiger partial charge is 0.244 e. The van der Waals surface area contributed by atoms with Crippen molar-refractivity contribution in [1.82, 2.24) is 19.9 Å². The standard InChI is InChI=1S/C16H15ClN4O2/c1-10-12(11(2)23-20-10)9-18-15(22)7-6-13-16(17)19-14-5-3-4-8-21(13)14/h3-8H,9H2,1-2H3,(H,18,22)/b7-6+. The van der Waals surface area contributed by atoms with Crippen molar-refractivity contribution in [1.29, 1.82) is 0 Å². The number of fused-ring (bicyclic) bond motifs is 1. The summed E-state index contributed by atoms with van der Waals surface area (Å²) in [6, 6.07) is 5.60. The van der Waals surface area contributed by atoms with Crippen molar-refractivity contribution in [2.75, 3.05) is 0 Å². The fourth-order valence-electron chi connectivity index (χ4n) is 2.28. The molecule has 0 fully saturated rings. The number of halogens is 1. The zero-order valence-electron chi connectivity index (χ0n) is 12.7. The number of nitrogens with zero attached hydrogens (tertiary/aromatic N) is 3. The molecule has 23 heavy (non-hydrogen) atoms. The van der Waals surface area contributed by atoms with Gasteiger partial charge in [0.1, 0.15) is 11.4 Å². The van der Waals surface area contributed by atoms with Gasteiger partial charge in [-0.25, -0.2) is 4.98 Å². The van der Waals surface area contributed by atoms with Crippen LogP contribution in [0.5, 0.6) is 0 Å². The number of rotatable bonds is 4. The second kappa shape index (κ2) is 6.26. The van der Waals surface area contributed by atoms with E-state index in [9.17, 15) is 4.79 Å². The lowest BCUT2D eigenvalue weighted by molar-refractivity contribution is -0.116. The molecule has 0 radical (unpaired) electrons. The normalized spacial score (nSPS) is 11.4. The Morgan fingerprint density at radius 3 is 3.00 bits per heavy atom. The van der Waals surface area contributed by atoms with Crippen LogP contribution >= 0.6 is 11.6 Å². The number of carbonyl (C=O) groups excluding carboxylic acids is 1. The van der Waals surface area contributed by atoms with Crippen LogP contribution in [-0.4, -0.2) is 20.4 Å². The van der Waals surface area contributed by atoms with E-state index < -0.39 is 0 Å². The lowest BCUT2D eigenvalue weighted by Crippen LogP contribution is -2.20. The maximum atomic E-state index is 12.0. The van der Waals surface area contributed by atoms with E-state index in [1.807, 2.05) is 42.6 Å². The molecule has 0 aromatic carbocycles. The summed E-state index contributed by atoms with van der Waals surface area (Å²) < 4.78 is 6.88. The van der Waals surface area contributed by atoms with Crippen molar-refractivity contribution >= 4 is 29.2 Å². The van der Waals surface area contributed by atoms with Crippen LogP contribution in [0.1, 0.15) is 22.7 Å². The highest BCUT2D eigenvalue weighted by molar-refractivity contribution is 6.31. The Bertz CT molecular complexity index is 875. The van der Waals surface area contributed by atoms with E-state index in [4.69, 9.17) is 16.1 Å². The molecule has 0 saturated heterocycles. The molecule has 0 aliphatic heterocycles. The van der Waals surface area contributed by atoms with Crippen molar-refractivity contribution in [3.63, 3.8) is 0 Å². The molecular formula is C16H15ClN4O2. The quantitative estimate of drug-likeness (QED) is 0.746. The number of nitrogens with one attached hydrogen (secondary N) is 1. The summed E-state index contributed by atoms with van der Waals surface area (Å²) in [5.41, 5.74) is 3.05. The summed E-state index contributed by atoms with van der Waals surface area (Å²) in [7, 11) is 0. The molecule has 118 valence electrons. The highest BCUT2D eigenvalue weighted by atomic mass is 35.5. The highest BCUT2D eigenvalue weighted by Gasteiger charge is 2.10. The minimum Gasteiger partial charge on any atom is -0.361 e. The Balaban J connectivity index is 1.72. The number of carbonyl (C=O) groups is 1. The predicted octanol–water partition coefficient (Wildman–Crippen LogP) is 2.92. The first-order valence-electron chi connectivity index (χ1n) is 7.06. The zero-order chi connectivity index (χ0) is 16.4. The Labute approximate surface area is 137 Å². The van der Waals surface area contributed by atoms with Crippen molar-refractivity contribution in [2.24, 2.45) is 0 Å². The summed E-state index contributed by atoms with van der Waals surface area (Å²) in [5.74, 6) is 0.476. The minimum atomic E-state index is -0.230. The molecule has 1 amide bonds. The van der Waals surface area contributed by atoms with Gasteiger partial charge >= 0.3 is 0 Å². The first kappa shape index (κ1) is 15.3. The van der Waals surface area contributed by atoms with Crippen molar-refractivity contribution < 1.29 is 9.32 Å². The third-order valence-electron chi connectivity index (χ3n) is 3.54. The van der Waals surface area contributed by atoms with Crippen LogP contribution in [0.15, 0.2) is 35.0 Å². The number of amides is 1. The van der Waals surface area contributed by atoms with Crippen LogP contribution in [-0.2, 0) is 11.3 Å². The van der Waals surface area contributed by atoms with Gasteiger partial charge in [0.25, 0.3) is 0 Å². The van der Waals surface area contributed by atoms with E-state index in [0.717, 1.165) is 16.9 Å². The summed E-state index contributed by atoms with van der Waals surface area (Å²) >= 11 is 6.12. The van der Waals surface area contributed by atoms with Gasteiger partial charge in [0.15, 0.2) is 5.15 Å². The topological polar surface area (TPSA) is 72.4 Å². The zero-order valence-corrected chi connectivity index (χ0v) is 13.5. The van der Waals surface area contributed by atoms with Crippen molar-refractivity contribution in [2.45, 2.75) is 20.4 Å². The molecule has 0 unspecified atom stereocenters. The molecule has 0 aliphatic carbocycles. The second-order valence-electron chi connectivity index (χ2n) is 5.07. The molecule has 0 saturated carbocycles. The fourth-order valence-corrected chi connectivity index (χ4v) is 2.52. The van der Waals surface area contributed by atoms with Gasteiger partial charge in [-0.3, -0.25) is 9.20 Å². The predicted molar refractivity (Wildman–Crippen MR) is 87.1 cm³/mol. The van der Waals surface area contributed by atoms with E-state index in [2.05, 4.69) is 15.5 Å². The van der Waals surface area contributed by atoms with E-state index >= 15 is 0 Å². The number of aromatic nitrogens is 3. The Morgan fingerprint density at radius 1 is 1.43 bits per heavy atom. The van der Waals surface area contributed by atoms with E-state index in [1.165, 1.54) is 6.08 Å². The molecule has 0 spiro atoms. The van der Waals surface area contributed by atoms with Gasteiger partial charge in [-0.2, -0.15) is 0 Å². The number of pyridine rings is 1. The Kier molecular flexibility index (Phi) is 4.16. The molecule has 7 heteroatoms. The van der Waals surface area contributed by atoms with Gasteiger partial charge < -0.3 is 9.84 Å². The number of aryl methyl sites for hydroxylation is 2. The van der Waals surface area contributed by atoms with Gasteiger partial charge in [-0.15, -0.1) is 0 Å². The van der Waals surface area contributed by atoms with Crippen LogP contribution in [0.3, 0.4) is 0 Å². The van der Waals surface area contributed by atoms with Crippen LogP contribution in [0.2, 0.25) is 5.15 Å². The lowest BCUT2D eigenvalue weighted by atomic mass is 10.2. The molecule has 3 rings (SSSR count). The lowest BCUT2D eigenvalue weighted by Gasteiger charge is -2.01. The Hall–Kier alpha value is -2.60. The van der Waals surface area contributed by atoms with Gasteiger partial charge in [-0.1, -0.05) is 22.8 Å². The Morgan fingerprint density at radius 2 is 2.26 bits per heavy atom. The number of hydrogen-bond acceptors (Lipinski definition) is 4. The third-order valence-corrected chi connectivity index (χ3v) is 3.81. The van der Waals surface area contributed by atoms with Gasteiger partial charge in [0.2, 0.25) is 5.91 Å². The largest absolute Gasteiger partial charge is 0.361 e. The number of imidazole rings is 1. The van der Waals surface area contributed by atoms with Crippen LogP contribution in [0.25, 0.3) is 11.7 Å². The fraction of sp³-hybridized carbons (Fsp3) is 0.188. The van der Waals surface area contributed by atoms with Gasteiger partial charge in [0.05, 0.1) is 11.4 Å². The first-order chi connectivity index (χ1) is 11.1. The molecule has 0 atom stereocenters. The van der Waals surface area contributed by atoms with Crippen LogP contribution < -0.4 is 5.32 Å². The molecule has 3 aromatic heterocycles. The SMILES string of the molecule is Cc1noc(C)c1CNC(=O)/C=C/c1c(Cl)nc2ccccn12. The third kappa shape index (κ3) is 3.12. The molecule has 0 bridgehead atoms.